The monoisotopic (exact) mass is 518 g/mol. The Bertz CT molecular complexity index is 1390. The van der Waals surface area contributed by atoms with Crippen LogP contribution in [0.15, 0.2) is 24.5 Å². The van der Waals surface area contributed by atoms with Gasteiger partial charge < -0.3 is 20.1 Å². The molecule has 190 valence electrons. The van der Waals surface area contributed by atoms with Crippen LogP contribution >= 0.6 is 7.37 Å². The highest BCUT2D eigenvalue weighted by Gasteiger charge is 2.38. The molecule has 8 nitrogen and oxygen atoms in total. The SMILES string of the molecule is CC1(C)CC[C@H](Nc2ncc(C(F)(F)F)c(-c3c[nH]c4c(P5(=O)CCCO5)c(C#N)ccc34)n2)CN1. The van der Waals surface area contributed by atoms with Crippen LogP contribution in [0.25, 0.3) is 22.2 Å². The highest BCUT2D eigenvalue weighted by Crippen LogP contribution is 2.53. The number of benzene rings is 1. The Kier molecular flexibility index (Phi) is 6.10. The molecule has 2 fully saturated rings. The zero-order chi connectivity index (χ0) is 25.7. The third-order valence-corrected chi connectivity index (χ3v) is 9.46. The summed E-state index contributed by atoms with van der Waals surface area (Å²) in [4.78, 5) is 11.2. The van der Waals surface area contributed by atoms with Gasteiger partial charge in [0.15, 0.2) is 0 Å². The molecule has 2 aromatic heterocycles. The van der Waals surface area contributed by atoms with Gasteiger partial charge in [-0.1, -0.05) is 6.07 Å². The molecule has 0 aliphatic carbocycles. The molecule has 1 unspecified atom stereocenters. The molecular formula is C24H26F3N6O2P. The summed E-state index contributed by atoms with van der Waals surface area (Å²) in [5, 5.41) is 16.8. The summed E-state index contributed by atoms with van der Waals surface area (Å²) in [6.07, 6.45) is 0.0783. The van der Waals surface area contributed by atoms with E-state index < -0.39 is 19.1 Å². The number of halogens is 3. The van der Waals surface area contributed by atoms with E-state index in [9.17, 15) is 23.0 Å². The van der Waals surface area contributed by atoms with Gasteiger partial charge in [-0.25, -0.2) is 9.97 Å². The third kappa shape index (κ3) is 4.49. The van der Waals surface area contributed by atoms with Gasteiger partial charge in [0, 0.05) is 47.6 Å². The Morgan fingerprint density at radius 2 is 2.14 bits per heavy atom. The normalized spacial score (nSPS) is 24.1. The van der Waals surface area contributed by atoms with Crippen LogP contribution in [0.2, 0.25) is 0 Å². The molecule has 0 saturated carbocycles. The number of aromatic amines is 1. The van der Waals surface area contributed by atoms with Gasteiger partial charge in [-0.05, 0) is 39.2 Å². The molecule has 2 aliphatic heterocycles. The highest BCUT2D eigenvalue weighted by atomic mass is 31.2. The number of nitrogens with one attached hydrogen (secondary N) is 3. The van der Waals surface area contributed by atoms with Crippen molar-refractivity contribution in [2.75, 3.05) is 24.6 Å². The maximum Gasteiger partial charge on any atom is 0.419 e. The van der Waals surface area contributed by atoms with Gasteiger partial charge in [0.1, 0.15) is 11.6 Å². The molecule has 4 heterocycles. The van der Waals surface area contributed by atoms with E-state index in [2.05, 4.69) is 39.4 Å². The minimum atomic E-state index is -4.69. The Balaban J connectivity index is 1.61. The van der Waals surface area contributed by atoms with E-state index in [1.54, 1.807) is 6.07 Å². The fourth-order valence-electron chi connectivity index (χ4n) is 4.84. The topological polar surface area (TPSA) is 116 Å². The first-order valence-corrected chi connectivity index (χ1v) is 13.6. The molecule has 0 spiro atoms. The minimum absolute atomic E-state index is 0.00102. The summed E-state index contributed by atoms with van der Waals surface area (Å²) in [6, 6.07) is 5.03. The average Bonchev–Trinajstić information content (AvgIpc) is 3.46. The number of fused-ring (bicyclic) bond motifs is 1. The summed E-state index contributed by atoms with van der Waals surface area (Å²) in [5.41, 5.74) is -0.589. The molecule has 2 saturated heterocycles. The second-order valence-corrected chi connectivity index (χ2v) is 12.4. The maximum atomic E-state index is 14.0. The third-order valence-electron chi connectivity index (χ3n) is 6.81. The molecule has 2 atom stereocenters. The lowest BCUT2D eigenvalue weighted by atomic mass is 9.91. The van der Waals surface area contributed by atoms with Gasteiger partial charge in [0.05, 0.1) is 28.7 Å². The van der Waals surface area contributed by atoms with Crippen LogP contribution in [-0.2, 0) is 15.3 Å². The van der Waals surface area contributed by atoms with Crippen molar-refractivity contribution in [2.24, 2.45) is 0 Å². The van der Waals surface area contributed by atoms with E-state index in [-0.39, 0.29) is 45.8 Å². The van der Waals surface area contributed by atoms with Crippen molar-refractivity contribution < 1.29 is 22.3 Å². The van der Waals surface area contributed by atoms with E-state index in [0.717, 1.165) is 19.0 Å². The van der Waals surface area contributed by atoms with Crippen molar-refractivity contribution >= 4 is 29.5 Å². The van der Waals surface area contributed by atoms with Crippen LogP contribution in [-0.4, -0.2) is 45.8 Å². The number of anilines is 1. The van der Waals surface area contributed by atoms with E-state index in [0.29, 0.717) is 30.5 Å². The number of alkyl halides is 3. The fraction of sp³-hybridized carbons (Fsp3) is 0.458. The summed E-state index contributed by atoms with van der Waals surface area (Å²) in [7, 11) is -3.32. The number of hydrogen-bond acceptors (Lipinski definition) is 7. The number of rotatable bonds is 4. The maximum absolute atomic E-state index is 14.0. The van der Waals surface area contributed by atoms with Gasteiger partial charge in [0.2, 0.25) is 13.3 Å². The quantitative estimate of drug-likeness (QED) is 0.426. The molecular weight excluding hydrogens is 492 g/mol. The standard InChI is InChI=1S/C24H26F3N6O2P/c1-23(2)7-6-15(11-31-23)32-22-30-13-18(24(25,26)27)19(33-22)17-12-29-20-16(17)5-4-14(10-28)21(20)36(34)9-3-8-35-36/h4-5,12-13,15,29,31H,3,6-9,11H2,1-2H3,(H,30,32,33)/t15-,36?/m0/s1. The number of hydrogen-bond donors (Lipinski definition) is 3. The van der Waals surface area contributed by atoms with Gasteiger partial charge in [-0.3, -0.25) is 4.57 Å². The smallest absolute Gasteiger partial charge is 0.360 e. The molecule has 3 N–H and O–H groups in total. The van der Waals surface area contributed by atoms with Crippen molar-refractivity contribution in [1.82, 2.24) is 20.3 Å². The molecule has 36 heavy (non-hydrogen) atoms. The highest BCUT2D eigenvalue weighted by molar-refractivity contribution is 7.67. The molecule has 0 bridgehead atoms. The lowest BCUT2D eigenvalue weighted by Gasteiger charge is -2.36. The second-order valence-electron chi connectivity index (χ2n) is 9.88. The number of piperidine rings is 1. The van der Waals surface area contributed by atoms with Crippen LogP contribution in [0.5, 0.6) is 0 Å². The zero-order valence-corrected chi connectivity index (χ0v) is 20.8. The number of nitrogens with zero attached hydrogens (tertiary/aromatic N) is 3. The second kappa shape index (κ2) is 8.87. The molecule has 0 amide bonds. The lowest BCUT2D eigenvalue weighted by Crippen LogP contribution is -2.50. The Labute approximate surface area is 206 Å². The fourth-order valence-corrected chi connectivity index (χ4v) is 7.31. The average molecular weight is 518 g/mol. The first kappa shape index (κ1) is 24.8. The number of nitriles is 1. The molecule has 1 aromatic carbocycles. The van der Waals surface area contributed by atoms with E-state index in [4.69, 9.17) is 4.52 Å². The van der Waals surface area contributed by atoms with Crippen molar-refractivity contribution in [1.29, 1.82) is 5.26 Å². The largest absolute Gasteiger partial charge is 0.419 e. The Morgan fingerprint density at radius 1 is 1.33 bits per heavy atom. The van der Waals surface area contributed by atoms with Gasteiger partial charge in [-0.15, -0.1) is 0 Å². The molecule has 5 rings (SSSR count). The van der Waals surface area contributed by atoms with Crippen LogP contribution in [0, 0.1) is 11.3 Å². The summed E-state index contributed by atoms with van der Waals surface area (Å²) < 4.78 is 61.0. The summed E-state index contributed by atoms with van der Waals surface area (Å²) in [5.74, 6) is 0.0969. The van der Waals surface area contributed by atoms with Gasteiger partial charge in [0.25, 0.3) is 0 Å². The zero-order valence-electron chi connectivity index (χ0n) is 19.9. The predicted molar refractivity (Wildman–Crippen MR) is 130 cm³/mol. The summed E-state index contributed by atoms with van der Waals surface area (Å²) >= 11 is 0. The van der Waals surface area contributed by atoms with Crippen molar-refractivity contribution in [2.45, 2.75) is 50.9 Å². The molecule has 3 aromatic rings. The number of aromatic nitrogens is 3. The van der Waals surface area contributed by atoms with Crippen LogP contribution in [0.4, 0.5) is 19.1 Å². The predicted octanol–water partition coefficient (Wildman–Crippen LogP) is 4.78. The van der Waals surface area contributed by atoms with E-state index >= 15 is 0 Å². The number of H-pyrrole nitrogens is 1. The van der Waals surface area contributed by atoms with Crippen molar-refractivity contribution in [3.63, 3.8) is 0 Å². The van der Waals surface area contributed by atoms with Crippen LogP contribution in [0.1, 0.15) is 44.2 Å². The Hall–Kier alpha value is -2.93. The van der Waals surface area contributed by atoms with Crippen molar-refractivity contribution in [3.05, 3.63) is 35.7 Å². The van der Waals surface area contributed by atoms with E-state index in [1.165, 1.54) is 12.3 Å². The lowest BCUT2D eigenvalue weighted by molar-refractivity contribution is -0.137. The minimum Gasteiger partial charge on any atom is -0.360 e. The first-order valence-electron chi connectivity index (χ1n) is 11.8. The first-order chi connectivity index (χ1) is 17.0. The molecule has 2 aliphatic rings. The van der Waals surface area contributed by atoms with Gasteiger partial charge >= 0.3 is 6.18 Å². The molecule has 0 radical (unpaired) electrons. The molecule has 12 heteroatoms. The van der Waals surface area contributed by atoms with Gasteiger partial charge in [-0.2, -0.15) is 18.4 Å². The van der Waals surface area contributed by atoms with Crippen LogP contribution < -0.4 is 15.9 Å². The summed E-state index contributed by atoms with van der Waals surface area (Å²) in [6.45, 7) is 5.14. The van der Waals surface area contributed by atoms with E-state index in [1.807, 2.05) is 6.07 Å². The van der Waals surface area contributed by atoms with Crippen LogP contribution in [0.3, 0.4) is 0 Å². The van der Waals surface area contributed by atoms with Crippen molar-refractivity contribution in [3.8, 4) is 17.3 Å². The Morgan fingerprint density at radius 3 is 2.78 bits per heavy atom.